The van der Waals surface area contributed by atoms with E-state index in [0.29, 0.717) is 10.6 Å². The van der Waals surface area contributed by atoms with E-state index in [9.17, 15) is 9.90 Å². The van der Waals surface area contributed by atoms with Crippen LogP contribution < -0.4 is 5.32 Å². The molecule has 1 heterocycles. The second kappa shape index (κ2) is 8.09. The molecule has 0 bridgehead atoms. The summed E-state index contributed by atoms with van der Waals surface area (Å²) in [5.74, 6) is -0.166. The zero-order chi connectivity index (χ0) is 16.8. The molecule has 2 N–H and O–H groups in total. The van der Waals surface area contributed by atoms with Crippen LogP contribution in [-0.2, 0) is 0 Å². The fraction of sp³-hybridized carbons (Fsp3) is 0.333. The van der Waals surface area contributed by atoms with E-state index in [1.54, 1.807) is 18.3 Å². The van der Waals surface area contributed by atoms with Crippen molar-refractivity contribution >= 4 is 17.5 Å². The van der Waals surface area contributed by atoms with Crippen LogP contribution in [0.15, 0.2) is 42.6 Å². The van der Waals surface area contributed by atoms with Gasteiger partial charge in [0, 0.05) is 18.3 Å². The minimum Gasteiger partial charge on any atom is -0.391 e. The van der Waals surface area contributed by atoms with Crippen molar-refractivity contribution in [1.29, 1.82) is 0 Å². The number of hydrogen-bond acceptors (Lipinski definition) is 3. The molecular weight excluding hydrogens is 312 g/mol. The third-order valence-electron chi connectivity index (χ3n) is 3.94. The number of rotatable bonds is 6. The highest BCUT2D eigenvalue weighted by atomic mass is 35.5. The van der Waals surface area contributed by atoms with E-state index < -0.39 is 6.10 Å². The second-order valence-electron chi connectivity index (χ2n) is 5.57. The van der Waals surface area contributed by atoms with Gasteiger partial charge in [0.05, 0.1) is 22.4 Å². The molecule has 2 aromatic rings. The van der Waals surface area contributed by atoms with Crippen molar-refractivity contribution in [2.75, 3.05) is 6.54 Å². The van der Waals surface area contributed by atoms with Gasteiger partial charge in [-0.25, -0.2) is 0 Å². The quantitative estimate of drug-likeness (QED) is 0.850. The van der Waals surface area contributed by atoms with Crippen molar-refractivity contribution in [1.82, 2.24) is 10.3 Å². The van der Waals surface area contributed by atoms with Gasteiger partial charge in [0.1, 0.15) is 0 Å². The molecule has 0 saturated carbocycles. The molecule has 0 spiro atoms. The molecule has 0 fully saturated rings. The summed E-state index contributed by atoms with van der Waals surface area (Å²) in [6, 6.07) is 10.8. The predicted molar refractivity (Wildman–Crippen MR) is 92.5 cm³/mol. The molecule has 0 aliphatic heterocycles. The zero-order valence-electron chi connectivity index (χ0n) is 13.3. The van der Waals surface area contributed by atoms with Gasteiger partial charge < -0.3 is 10.4 Å². The Morgan fingerprint density at radius 3 is 2.78 bits per heavy atom. The van der Waals surface area contributed by atoms with Crippen molar-refractivity contribution in [3.8, 4) is 11.3 Å². The molecule has 23 heavy (non-hydrogen) atoms. The van der Waals surface area contributed by atoms with E-state index in [1.165, 1.54) is 0 Å². The molecule has 1 amide bonds. The largest absolute Gasteiger partial charge is 0.391 e. The molecule has 5 heteroatoms. The van der Waals surface area contributed by atoms with E-state index in [0.717, 1.165) is 17.7 Å². The van der Waals surface area contributed by atoms with Crippen LogP contribution in [-0.4, -0.2) is 28.6 Å². The maximum absolute atomic E-state index is 12.3. The average Bonchev–Trinajstić information content (AvgIpc) is 2.59. The average molecular weight is 333 g/mol. The Morgan fingerprint density at radius 2 is 2.13 bits per heavy atom. The fourth-order valence-corrected chi connectivity index (χ4v) is 2.36. The van der Waals surface area contributed by atoms with Gasteiger partial charge in [0.25, 0.3) is 5.91 Å². The first-order valence-electron chi connectivity index (χ1n) is 7.70. The lowest BCUT2D eigenvalue weighted by Gasteiger charge is -2.18. The van der Waals surface area contributed by atoms with Crippen LogP contribution in [0.3, 0.4) is 0 Å². The summed E-state index contributed by atoms with van der Waals surface area (Å²) >= 11 is 6.14. The number of amides is 1. The number of pyridine rings is 1. The number of nitrogens with one attached hydrogen (secondary N) is 1. The summed E-state index contributed by atoms with van der Waals surface area (Å²) in [5.41, 5.74) is 1.98. The lowest BCUT2D eigenvalue weighted by atomic mass is 10.0. The minimum absolute atomic E-state index is 0.130. The number of benzene rings is 1. The summed E-state index contributed by atoms with van der Waals surface area (Å²) < 4.78 is 0. The van der Waals surface area contributed by atoms with Crippen LogP contribution in [0.25, 0.3) is 11.3 Å². The topological polar surface area (TPSA) is 62.2 Å². The molecule has 2 rings (SSSR count). The molecule has 0 aliphatic rings. The van der Waals surface area contributed by atoms with Gasteiger partial charge in [0.2, 0.25) is 0 Å². The van der Waals surface area contributed by atoms with Gasteiger partial charge in [-0.3, -0.25) is 9.78 Å². The Balaban J connectivity index is 2.14. The third-order valence-corrected chi connectivity index (χ3v) is 4.27. The van der Waals surface area contributed by atoms with Crippen molar-refractivity contribution in [2.24, 2.45) is 5.92 Å². The van der Waals surface area contributed by atoms with E-state index >= 15 is 0 Å². The number of aliphatic hydroxyl groups is 1. The van der Waals surface area contributed by atoms with Crippen LogP contribution in [0, 0.1) is 5.92 Å². The number of hydrogen-bond donors (Lipinski definition) is 2. The van der Waals surface area contributed by atoms with E-state index in [2.05, 4.69) is 10.3 Å². The molecular formula is C18H21ClN2O2. The first kappa shape index (κ1) is 17.4. The van der Waals surface area contributed by atoms with Gasteiger partial charge in [-0.1, -0.05) is 44.0 Å². The summed E-state index contributed by atoms with van der Waals surface area (Å²) in [6.07, 6.45) is 1.99. The minimum atomic E-state index is -0.568. The van der Waals surface area contributed by atoms with Crippen molar-refractivity contribution in [3.63, 3.8) is 0 Å². The third kappa shape index (κ3) is 4.53. The van der Waals surface area contributed by atoms with Gasteiger partial charge in [0.15, 0.2) is 0 Å². The van der Waals surface area contributed by atoms with Gasteiger partial charge in [-0.2, -0.15) is 0 Å². The van der Waals surface area contributed by atoms with Gasteiger partial charge in [-0.05, 0) is 30.2 Å². The highest BCUT2D eigenvalue weighted by Crippen LogP contribution is 2.24. The van der Waals surface area contributed by atoms with Crippen LogP contribution in [0.5, 0.6) is 0 Å². The standard InChI is InChI=1S/C18H21ClN2O2/c1-3-12(2)17(22)11-21-18(23)14-10-13(7-8-15(14)19)16-6-4-5-9-20-16/h4-10,12,17,22H,3,11H2,1-2H3,(H,21,23). The first-order valence-corrected chi connectivity index (χ1v) is 8.08. The molecule has 2 unspecified atom stereocenters. The Kier molecular flexibility index (Phi) is 6.13. The Bertz CT molecular complexity index is 661. The van der Waals surface area contributed by atoms with Crippen molar-refractivity contribution < 1.29 is 9.90 Å². The highest BCUT2D eigenvalue weighted by Gasteiger charge is 2.16. The van der Waals surface area contributed by atoms with E-state index in [1.807, 2.05) is 38.1 Å². The molecule has 1 aromatic heterocycles. The summed E-state index contributed by atoms with van der Waals surface area (Å²) in [5, 5.41) is 13.1. The highest BCUT2D eigenvalue weighted by molar-refractivity contribution is 6.34. The second-order valence-corrected chi connectivity index (χ2v) is 5.98. The van der Waals surface area contributed by atoms with E-state index in [4.69, 9.17) is 11.6 Å². The van der Waals surface area contributed by atoms with E-state index in [-0.39, 0.29) is 18.4 Å². The molecule has 0 radical (unpaired) electrons. The van der Waals surface area contributed by atoms with Gasteiger partial charge in [-0.15, -0.1) is 0 Å². The summed E-state index contributed by atoms with van der Waals surface area (Å²) in [4.78, 5) is 16.6. The fourth-order valence-electron chi connectivity index (χ4n) is 2.16. The maximum Gasteiger partial charge on any atom is 0.252 e. The predicted octanol–water partition coefficient (Wildman–Crippen LogP) is 3.54. The lowest BCUT2D eigenvalue weighted by molar-refractivity contribution is 0.0850. The lowest BCUT2D eigenvalue weighted by Crippen LogP contribution is -2.35. The molecule has 4 nitrogen and oxygen atoms in total. The smallest absolute Gasteiger partial charge is 0.252 e. The van der Waals surface area contributed by atoms with Crippen molar-refractivity contribution in [2.45, 2.75) is 26.4 Å². The Hall–Kier alpha value is -1.91. The maximum atomic E-state index is 12.3. The summed E-state index contributed by atoms with van der Waals surface area (Å²) in [7, 11) is 0. The SMILES string of the molecule is CCC(C)C(O)CNC(=O)c1cc(-c2ccccn2)ccc1Cl. The van der Waals surface area contributed by atoms with Gasteiger partial charge >= 0.3 is 0 Å². The molecule has 1 aromatic carbocycles. The number of carbonyl (C=O) groups is 1. The molecule has 0 saturated heterocycles. The summed E-state index contributed by atoms with van der Waals surface area (Å²) in [6.45, 7) is 4.16. The number of carbonyl (C=O) groups excluding carboxylic acids is 1. The normalized spacial score (nSPS) is 13.4. The number of nitrogens with zero attached hydrogens (tertiary/aromatic N) is 1. The number of aliphatic hydroxyl groups excluding tert-OH is 1. The Labute approximate surface area is 141 Å². The molecule has 122 valence electrons. The first-order chi connectivity index (χ1) is 11.0. The molecule has 2 atom stereocenters. The van der Waals surface area contributed by atoms with Crippen LogP contribution in [0.1, 0.15) is 30.6 Å². The molecule has 0 aliphatic carbocycles. The number of aromatic nitrogens is 1. The van der Waals surface area contributed by atoms with Crippen LogP contribution in [0.4, 0.5) is 0 Å². The number of halogens is 1. The van der Waals surface area contributed by atoms with Crippen molar-refractivity contribution in [3.05, 3.63) is 53.2 Å². The van der Waals surface area contributed by atoms with Crippen LogP contribution in [0.2, 0.25) is 5.02 Å². The Morgan fingerprint density at radius 1 is 1.35 bits per heavy atom. The van der Waals surface area contributed by atoms with Crippen LogP contribution >= 0.6 is 11.6 Å². The zero-order valence-corrected chi connectivity index (χ0v) is 14.0. The monoisotopic (exact) mass is 332 g/mol.